The minimum Gasteiger partial charge on any atom is -0.496 e. The predicted octanol–water partition coefficient (Wildman–Crippen LogP) is 3.54. The number of para-hydroxylation sites is 2. The fourth-order valence-electron chi connectivity index (χ4n) is 2.53. The Morgan fingerprint density at radius 1 is 1.14 bits per heavy atom. The molecule has 3 aromatic rings. The molecule has 112 valence electrons. The number of hydrogen-bond acceptors (Lipinski definition) is 3. The molecular formula is C18H18N2O2. The van der Waals surface area contributed by atoms with Gasteiger partial charge in [-0.25, -0.2) is 0 Å². The van der Waals surface area contributed by atoms with E-state index in [1.165, 1.54) is 0 Å². The number of hydrogen-bond donors (Lipinski definition) is 2. The second-order valence-electron chi connectivity index (χ2n) is 5.03. The summed E-state index contributed by atoms with van der Waals surface area (Å²) in [6.45, 7) is 0.638. The zero-order valence-electron chi connectivity index (χ0n) is 12.4. The number of aromatic nitrogens is 1. The first-order valence-electron chi connectivity index (χ1n) is 7.21. The lowest BCUT2D eigenvalue weighted by atomic mass is 10.1. The van der Waals surface area contributed by atoms with E-state index in [1.54, 1.807) is 13.3 Å². The number of benzene rings is 2. The van der Waals surface area contributed by atoms with Gasteiger partial charge in [-0.15, -0.1) is 0 Å². The highest BCUT2D eigenvalue weighted by atomic mass is 16.5. The number of methoxy groups -OCH3 is 1. The molecule has 3 rings (SSSR count). The summed E-state index contributed by atoms with van der Waals surface area (Å²) >= 11 is 0. The van der Waals surface area contributed by atoms with E-state index >= 15 is 0 Å². The quantitative estimate of drug-likeness (QED) is 0.707. The molecule has 4 heteroatoms. The lowest BCUT2D eigenvalue weighted by Crippen LogP contribution is -1.95. The number of fused-ring (bicyclic) bond motifs is 1. The third-order valence-corrected chi connectivity index (χ3v) is 3.65. The van der Waals surface area contributed by atoms with Gasteiger partial charge in [0, 0.05) is 23.7 Å². The molecule has 0 saturated heterocycles. The van der Waals surface area contributed by atoms with Gasteiger partial charge >= 0.3 is 0 Å². The molecule has 0 radical (unpaired) electrons. The first-order chi connectivity index (χ1) is 10.8. The van der Waals surface area contributed by atoms with E-state index in [9.17, 15) is 5.11 Å². The van der Waals surface area contributed by atoms with Crippen LogP contribution in [0, 0.1) is 0 Å². The molecule has 0 aliphatic heterocycles. The topological polar surface area (TPSA) is 57.6 Å². The van der Waals surface area contributed by atoms with Gasteiger partial charge in [-0.3, -0.25) is 4.99 Å². The minimum absolute atomic E-state index is 0.155. The minimum atomic E-state index is 0.155. The summed E-state index contributed by atoms with van der Waals surface area (Å²) in [5.41, 5.74) is 2.77. The molecule has 0 amide bonds. The Labute approximate surface area is 129 Å². The highest BCUT2D eigenvalue weighted by Crippen LogP contribution is 2.25. The molecule has 1 aromatic heterocycles. The van der Waals surface area contributed by atoms with Crippen molar-refractivity contribution in [2.24, 2.45) is 4.99 Å². The molecule has 0 atom stereocenters. The Bertz CT molecular complexity index is 806. The molecule has 0 spiro atoms. The van der Waals surface area contributed by atoms with Crippen molar-refractivity contribution >= 4 is 17.1 Å². The Morgan fingerprint density at radius 3 is 2.77 bits per heavy atom. The molecule has 0 saturated carbocycles. The summed E-state index contributed by atoms with van der Waals surface area (Å²) < 4.78 is 5.33. The van der Waals surface area contributed by atoms with E-state index in [0.29, 0.717) is 6.54 Å². The summed E-state index contributed by atoms with van der Waals surface area (Å²) in [4.78, 5) is 7.38. The number of aliphatic imine (C=N–C) groups is 1. The van der Waals surface area contributed by atoms with Gasteiger partial charge in [-0.05, 0) is 24.1 Å². The van der Waals surface area contributed by atoms with Crippen LogP contribution in [0.1, 0.15) is 11.1 Å². The highest BCUT2D eigenvalue weighted by molar-refractivity contribution is 6.01. The van der Waals surface area contributed by atoms with Crippen molar-refractivity contribution in [2.75, 3.05) is 13.7 Å². The van der Waals surface area contributed by atoms with Crippen LogP contribution in [0.15, 0.2) is 53.5 Å². The number of ether oxygens (including phenoxy) is 1. The van der Waals surface area contributed by atoms with Crippen molar-refractivity contribution in [2.45, 2.75) is 6.42 Å². The lowest BCUT2D eigenvalue weighted by molar-refractivity contribution is 0.410. The fraction of sp³-hybridized carbons (Fsp3) is 0.167. The van der Waals surface area contributed by atoms with Gasteiger partial charge in [0.2, 0.25) is 0 Å². The molecule has 0 unspecified atom stereocenters. The SMILES string of the molecule is COc1ccccc1CCN=Cc1c(O)[nH]c2ccccc12. The van der Waals surface area contributed by atoms with Gasteiger partial charge in [0.25, 0.3) is 0 Å². The van der Waals surface area contributed by atoms with Crippen molar-refractivity contribution in [1.29, 1.82) is 0 Å². The van der Waals surface area contributed by atoms with E-state index < -0.39 is 0 Å². The highest BCUT2D eigenvalue weighted by Gasteiger charge is 2.07. The Balaban J connectivity index is 1.73. The Hall–Kier alpha value is -2.75. The monoisotopic (exact) mass is 294 g/mol. The van der Waals surface area contributed by atoms with Gasteiger partial charge in [0.1, 0.15) is 5.75 Å². The summed E-state index contributed by atoms with van der Waals surface area (Å²) in [6.07, 6.45) is 2.52. The lowest BCUT2D eigenvalue weighted by Gasteiger charge is -2.05. The smallest absolute Gasteiger partial charge is 0.198 e. The van der Waals surface area contributed by atoms with Gasteiger partial charge in [-0.2, -0.15) is 0 Å². The third-order valence-electron chi connectivity index (χ3n) is 3.65. The Kier molecular flexibility index (Phi) is 4.10. The van der Waals surface area contributed by atoms with E-state index in [0.717, 1.165) is 34.2 Å². The molecule has 0 aliphatic carbocycles. The van der Waals surface area contributed by atoms with Crippen LogP contribution < -0.4 is 4.74 Å². The number of H-pyrrole nitrogens is 1. The van der Waals surface area contributed by atoms with Crippen LogP contribution >= 0.6 is 0 Å². The number of nitrogens with one attached hydrogen (secondary N) is 1. The average molecular weight is 294 g/mol. The molecular weight excluding hydrogens is 276 g/mol. The second-order valence-corrected chi connectivity index (χ2v) is 5.03. The van der Waals surface area contributed by atoms with Gasteiger partial charge < -0.3 is 14.8 Å². The molecule has 22 heavy (non-hydrogen) atoms. The largest absolute Gasteiger partial charge is 0.496 e. The molecule has 0 fully saturated rings. The Morgan fingerprint density at radius 2 is 1.91 bits per heavy atom. The summed E-state index contributed by atoms with van der Waals surface area (Å²) in [6, 6.07) is 15.7. The average Bonchev–Trinajstić information content (AvgIpc) is 2.87. The number of nitrogens with zero attached hydrogens (tertiary/aromatic N) is 1. The van der Waals surface area contributed by atoms with Gasteiger partial charge in [0.05, 0.1) is 12.7 Å². The molecule has 2 N–H and O–H groups in total. The maximum Gasteiger partial charge on any atom is 0.198 e. The maximum absolute atomic E-state index is 9.97. The number of rotatable bonds is 5. The van der Waals surface area contributed by atoms with Crippen LogP contribution in [0.2, 0.25) is 0 Å². The van der Waals surface area contributed by atoms with Crippen molar-refractivity contribution < 1.29 is 9.84 Å². The van der Waals surface area contributed by atoms with E-state index in [2.05, 4.69) is 9.98 Å². The first kappa shape index (κ1) is 14.2. The van der Waals surface area contributed by atoms with Gasteiger partial charge in [-0.1, -0.05) is 36.4 Å². The molecule has 1 heterocycles. The van der Waals surface area contributed by atoms with E-state index in [1.807, 2.05) is 48.5 Å². The zero-order chi connectivity index (χ0) is 15.4. The van der Waals surface area contributed by atoms with E-state index in [-0.39, 0.29) is 5.88 Å². The maximum atomic E-state index is 9.97. The number of aromatic hydroxyl groups is 1. The van der Waals surface area contributed by atoms with Crippen LogP contribution in [-0.4, -0.2) is 30.0 Å². The van der Waals surface area contributed by atoms with Crippen LogP contribution in [0.4, 0.5) is 0 Å². The predicted molar refractivity (Wildman–Crippen MR) is 89.1 cm³/mol. The number of aromatic amines is 1. The van der Waals surface area contributed by atoms with Crippen LogP contribution in [0.3, 0.4) is 0 Å². The third kappa shape index (κ3) is 2.81. The van der Waals surface area contributed by atoms with E-state index in [4.69, 9.17) is 4.74 Å². The van der Waals surface area contributed by atoms with Crippen molar-refractivity contribution in [1.82, 2.24) is 4.98 Å². The first-order valence-corrected chi connectivity index (χ1v) is 7.21. The van der Waals surface area contributed by atoms with Crippen LogP contribution in [0.25, 0.3) is 10.9 Å². The van der Waals surface area contributed by atoms with Crippen LogP contribution in [-0.2, 0) is 6.42 Å². The summed E-state index contributed by atoms with van der Waals surface area (Å²) in [5, 5.41) is 10.9. The van der Waals surface area contributed by atoms with Crippen molar-refractivity contribution in [3.8, 4) is 11.6 Å². The normalized spacial score (nSPS) is 11.3. The zero-order valence-corrected chi connectivity index (χ0v) is 12.4. The molecule has 0 aliphatic rings. The van der Waals surface area contributed by atoms with Crippen molar-refractivity contribution in [3.63, 3.8) is 0 Å². The summed E-state index contributed by atoms with van der Waals surface area (Å²) in [7, 11) is 1.67. The fourth-order valence-corrected chi connectivity index (χ4v) is 2.53. The van der Waals surface area contributed by atoms with Gasteiger partial charge in [0.15, 0.2) is 5.88 Å². The molecule has 0 bridgehead atoms. The standard InChI is InChI=1S/C18H18N2O2/c1-22-17-9-5-2-6-13(17)10-11-19-12-15-14-7-3-4-8-16(14)20-18(15)21/h2-9,12,20-21H,10-11H2,1H3. The molecule has 2 aromatic carbocycles. The summed E-state index contributed by atoms with van der Waals surface area (Å²) in [5.74, 6) is 1.04. The van der Waals surface area contributed by atoms with Crippen molar-refractivity contribution in [3.05, 3.63) is 59.7 Å². The second kappa shape index (κ2) is 6.35. The molecule has 4 nitrogen and oxygen atoms in total. The van der Waals surface area contributed by atoms with Crippen LogP contribution in [0.5, 0.6) is 11.6 Å².